The third-order valence-corrected chi connectivity index (χ3v) is 9.01. The zero-order chi connectivity index (χ0) is 28.1. The van der Waals surface area contributed by atoms with E-state index in [0.29, 0.717) is 51.7 Å². The molecule has 2 aromatic carbocycles. The van der Waals surface area contributed by atoms with Gasteiger partial charge in [-0.05, 0) is 60.4 Å². The summed E-state index contributed by atoms with van der Waals surface area (Å²) in [5, 5.41) is 2.94. The minimum absolute atomic E-state index is 0.0481. The predicted octanol–water partition coefficient (Wildman–Crippen LogP) is 6.45. The lowest BCUT2D eigenvalue weighted by atomic mass is 9.62. The molecule has 0 radical (unpaired) electrons. The second kappa shape index (κ2) is 9.86. The molecule has 2 amide bonds. The van der Waals surface area contributed by atoms with Crippen molar-refractivity contribution in [2.45, 2.75) is 68.6 Å². The average Bonchev–Trinajstić information content (AvgIpc) is 3.39. The van der Waals surface area contributed by atoms with E-state index in [4.69, 9.17) is 0 Å². The van der Waals surface area contributed by atoms with E-state index in [-0.39, 0.29) is 41.7 Å². The van der Waals surface area contributed by atoms with E-state index in [9.17, 15) is 35.9 Å². The lowest BCUT2D eigenvalue weighted by Gasteiger charge is -2.50. The van der Waals surface area contributed by atoms with Crippen molar-refractivity contribution >= 4 is 11.8 Å². The molecule has 2 heterocycles. The van der Waals surface area contributed by atoms with E-state index in [1.54, 1.807) is 4.90 Å². The highest BCUT2D eigenvalue weighted by Crippen LogP contribution is 2.51. The second-order valence-corrected chi connectivity index (χ2v) is 11.2. The van der Waals surface area contributed by atoms with Crippen LogP contribution >= 0.6 is 0 Å². The van der Waals surface area contributed by atoms with E-state index < -0.39 is 34.8 Å². The zero-order valence-corrected chi connectivity index (χ0v) is 21.3. The Bertz CT molecular complexity index is 1190. The molecule has 2 saturated heterocycles. The summed E-state index contributed by atoms with van der Waals surface area (Å²) in [4.78, 5) is 28.0. The van der Waals surface area contributed by atoms with Crippen LogP contribution in [0.3, 0.4) is 0 Å². The highest BCUT2D eigenvalue weighted by atomic mass is 19.4. The Morgan fingerprint density at radius 1 is 0.846 bits per heavy atom. The molecule has 1 saturated carbocycles. The molecular weight excluding hydrogens is 522 g/mol. The normalized spacial score (nSPS) is 23.1. The number of piperidine rings is 2. The Morgan fingerprint density at radius 2 is 1.41 bits per heavy atom. The molecule has 0 unspecified atom stereocenters. The minimum Gasteiger partial charge on any atom is -0.355 e. The summed E-state index contributed by atoms with van der Waals surface area (Å²) in [6.45, 7) is 1.07. The van der Waals surface area contributed by atoms with Gasteiger partial charge in [0.05, 0.1) is 16.5 Å². The molecule has 1 aliphatic carbocycles. The predicted molar refractivity (Wildman–Crippen MR) is 132 cm³/mol. The van der Waals surface area contributed by atoms with Crippen LogP contribution in [-0.4, -0.2) is 36.3 Å². The number of rotatable bonds is 3. The van der Waals surface area contributed by atoms with Crippen LogP contribution in [0.25, 0.3) is 0 Å². The highest BCUT2D eigenvalue weighted by Gasteiger charge is 2.51. The number of nitrogens with one attached hydrogen (secondary N) is 1. The molecule has 2 aliphatic heterocycles. The van der Waals surface area contributed by atoms with Gasteiger partial charge >= 0.3 is 12.4 Å². The summed E-state index contributed by atoms with van der Waals surface area (Å²) in [7, 11) is 0. The van der Waals surface area contributed by atoms with Crippen molar-refractivity contribution in [3.05, 3.63) is 70.8 Å². The standard InChI is InChI=1S/C29H30F6N2O2/c30-28(31,32)21-14-20(15-22(16-21)29(33,34)35)27(8-4-5-9-27)25(39)37-12-10-26(11-13-37)17-24(38)36-18-23(26)19-6-2-1-3-7-19/h1-3,6-7,14-16,23H,4-5,8-13,17-18H2,(H,36,38)/t23-/m0/s1. The number of benzene rings is 2. The quantitative estimate of drug-likeness (QED) is 0.445. The zero-order valence-electron chi connectivity index (χ0n) is 21.3. The van der Waals surface area contributed by atoms with Crippen molar-refractivity contribution in [1.82, 2.24) is 10.2 Å². The molecule has 3 fully saturated rings. The van der Waals surface area contributed by atoms with Gasteiger partial charge in [0.2, 0.25) is 11.8 Å². The first kappa shape index (κ1) is 27.5. The van der Waals surface area contributed by atoms with Crippen LogP contribution in [0.15, 0.2) is 48.5 Å². The van der Waals surface area contributed by atoms with Crippen molar-refractivity contribution in [1.29, 1.82) is 0 Å². The SMILES string of the molecule is O=C1CC2(CCN(C(=O)C3(c4cc(C(F)(F)F)cc(C(F)(F)F)c4)CCCC3)CC2)[C@H](c2ccccc2)CN1. The second-order valence-electron chi connectivity index (χ2n) is 11.2. The van der Waals surface area contributed by atoms with Gasteiger partial charge in [0.25, 0.3) is 0 Å². The van der Waals surface area contributed by atoms with Crippen molar-refractivity contribution in [3.63, 3.8) is 0 Å². The number of likely N-dealkylation sites (tertiary alicyclic amines) is 1. The Kier molecular flexibility index (Phi) is 6.96. The molecule has 210 valence electrons. The molecule has 2 aromatic rings. The van der Waals surface area contributed by atoms with Gasteiger partial charge in [-0.3, -0.25) is 9.59 Å². The third-order valence-electron chi connectivity index (χ3n) is 9.01. The van der Waals surface area contributed by atoms with Gasteiger partial charge in [-0.25, -0.2) is 0 Å². The average molecular weight is 553 g/mol. The molecule has 5 rings (SSSR count). The lowest BCUT2D eigenvalue weighted by Crippen LogP contribution is -2.55. The topological polar surface area (TPSA) is 49.4 Å². The van der Waals surface area contributed by atoms with Gasteiger partial charge in [-0.1, -0.05) is 43.2 Å². The molecule has 1 atom stereocenters. The van der Waals surface area contributed by atoms with Crippen LogP contribution in [0, 0.1) is 5.41 Å². The largest absolute Gasteiger partial charge is 0.416 e. The summed E-state index contributed by atoms with van der Waals surface area (Å²) >= 11 is 0. The fourth-order valence-corrected chi connectivity index (χ4v) is 6.91. The fourth-order valence-electron chi connectivity index (χ4n) is 6.91. The summed E-state index contributed by atoms with van der Waals surface area (Å²) in [5.41, 5.74) is -3.73. The Balaban J connectivity index is 1.45. The Morgan fingerprint density at radius 3 is 1.95 bits per heavy atom. The number of alkyl halides is 6. The van der Waals surface area contributed by atoms with Gasteiger partial charge < -0.3 is 10.2 Å². The molecule has 10 heteroatoms. The maximum Gasteiger partial charge on any atom is 0.416 e. The number of carbonyl (C=O) groups excluding carboxylic acids is 2. The monoisotopic (exact) mass is 552 g/mol. The third kappa shape index (κ3) is 5.14. The van der Waals surface area contributed by atoms with Gasteiger partial charge in [-0.15, -0.1) is 0 Å². The number of hydrogen-bond donors (Lipinski definition) is 1. The number of hydrogen-bond acceptors (Lipinski definition) is 2. The maximum absolute atomic E-state index is 14.0. The van der Waals surface area contributed by atoms with Crippen LogP contribution < -0.4 is 5.32 Å². The van der Waals surface area contributed by atoms with Crippen LogP contribution in [0.5, 0.6) is 0 Å². The summed E-state index contributed by atoms with van der Waals surface area (Å²) in [6.07, 6.45) is -7.13. The van der Waals surface area contributed by atoms with Crippen molar-refractivity contribution in [3.8, 4) is 0 Å². The van der Waals surface area contributed by atoms with Crippen LogP contribution in [0.1, 0.15) is 73.1 Å². The fraction of sp³-hybridized carbons (Fsp3) is 0.517. The molecular formula is C29H30F6N2O2. The summed E-state index contributed by atoms with van der Waals surface area (Å²) in [6, 6.07) is 11.4. The van der Waals surface area contributed by atoms with Gasteiger partial charge in [0.1, 0.15) is 0 Å². The van der Waals surface area contributed by atoms with Gasteiger partial charge in [0, 0.05) is 32.0 Å². The summed E-state index contributed by atoms with van der Waals surface area (Å²) < 4.78 is 81.7. The van der Waals surface area contributed by atoms with E-state index in [0.717, 1.165) is 17.7 Å². The molecule has 1 N–H and O–H groups in total. The molecule has 1 spiro atoms. The minimum atomic E-state index is -4.98. The summed E-state index contributed by atoms with van der Waals surface area (Å²) in [5.74, 6) is -0.427. The number of carbonyl (C=O) groups is 2. The smallest absolute Gasteiger partial charge is 0.355 e. The van der Waals surface area contributed by atoms with Gasteiger partial charge in [0.15, 0.2) is 0 Å². The molecule has 4 nitrogen and oxygen atoms in total. The van der Waals surface area contributed by atoms with Crippen molar-refractivity contribution in [2.24, 2.45) is 5.41 Å². The van der Waals surface area contributed by atoms with E-state index in [1.807, 2.05) is 30.3 Å². The molecule has 3 aliphatic rings. The Labute approximate surface area is 222 Å². The number of nitrogens with zero attached hydrogens (tertiary/aromatic N) is 1. The first-order valence-electron chi connectivity index (χ1n) is 13.3. The first-order valence-corrected chi connectivity index (χ1v) is 13.3. The molecule has 0 aromatic heterocycles. The van der Waals surface area contributed by atoms with E-state index >= 15 is 0 Å². The Hall–Kier alpha value is -3.04. The lowest BCUT2D eigenvalue weighted by molar-refractivity contribution is -0.145. The van der Waals surface area contributed by atoms with Crippen molar-refractivity contribution in [2.75, 3.05) is 19.6 Å². The first-order chi connectivity index (χ1) is 18.3. The van der Waals surface area contributed by atoms with E-state index in [2.05, 4.69) is 5.32 Å². The van der Waals surface area contributed by atoms with Gasteiger partial charge in [-0.2, -0.15) is 26.3 Å². The van der Waals surface area contributed by atoms with Crippen LogP contribution in [0.2, 0.25) is 0 Å². The number of halogens is 6. The molecule has 39 heavy (non-hydrogen) atoms. The van der Waals surface area contributed by atoms with E-state index in [1.165, 1.54) is 0 Å². The van der Waals surface area contributed by atoms with Crippen LogP contribution in [0.4, 0.5) is 26.3 Å². The van der Waals surface area contributed by atoms with Crippen LogP contribution in [-0.2, 0) is 27.4 Å². The maximum atomic E-state index is 14.0. The van der Waals surface area contributed by atoms with Crippen molar-refractivity contribution < 1.29 is 35.9 Å². The number of amides is 2. The highest BCUT2D eigenvalue weighted by molar-refractivity contribution is 5.89. The molecule has 0 bridgehead atoms.